The van der Waals surface area contributed by atoms with E-state index < -0.39 is 0 Å². The molecule has 0 saturated carbocycles. The normalized spacial score (nSPS) is 10.3. The van der Waals surface area contributed by atoms with Crippen LogP contribution in [0, 0.1) is 0 Å². The van der Waals surface area contributed by atoms with Crippen LogP contribution in [0.2, 0.25) is 0 Å². The summed E-state index contributed by atoms with van der Waals surface area (Å²) < 4.78 is 6.01. The Morgan fingerprint density at radius 1 is 1.53 bits per heavy atom. The molecule has 0 aliphatic rings. The van der Waals surface area contributed by atoms with Crippen LogP contribution in [0.25, 0.3) is 0 Å². The van der Waals surface area contributed by atoms with E-state index in [4.69, 9.17) is 4.74 Å². The molecule has 1 aromatic rings. The Kier molecular flexibility index (Phi) is 4.37. The molecule has 0 saturated heterocycles. The molecule has 0 atom stereocenters. The number of halogens is 1. The van der Waals surface area contributed by atoms with E-state index >= 15 is 0 Å². The molecular weight excluding hydrogens is 258 g/mol. The summed E-state index contributed by atoms with van der Waals surface area (Å²) in [6.45, 7) is 1.79. The van der Waals surface area contributed by atoms with E-state index in [1.807, 2.05) is 6.07 Å². The van der Waals surface area contributed by atoms with E-state index in [0.29, 0.717) is 11.4 Å². The summed E-state index contributed by atoms with van der Waals surface area (Å²) in [6, 6.07) is 5.43. The lowest BCUT2D eigenvalue weighted by Gasteiger charge is -2.08. The number of ether oxygens (including phenoxy) is 1. The number of rotatable bonds is 3. The van der Waals surface area contributed by atoms with Gasteiger partial charge in [-0.3, -0.25) is 4.79 Å². The van der Waals surface area contributed by atoms with Gasteiger partial charge >= 0.3 is 0 Å². The summed E-state index contributed by atoms with van der Waals surface area (Å²) in [7, 11) is 1.56. The number of allylic oxidation sites excluding steroid dienone is 1. The Hall–Kier alpha value is -1.29. The molecule has 0 aromatic heterocycles. The molecule has 80 valence electrons. The topological polar surface area (TPSA) is 38.3 Å². The highest BCUT2D eigenvalue weighted by Gasteiger charge is 2.05. The van der Waals surface area contributed by atoms with Crippen molar-refractivity contribution in [2.75, 3.05) is 12.4 Å². The van der Waals surface area contributed by atoms with Gasteiger partial charge in [0.15, 0.2) is 0 Å². The molecule has 4 heteroatoms. The van der Waals surface area contributed by atoms with Crippen LogP contribution in [0.1, 0.15) is 6.92 Å². The number of benzene rings is 1. The van der Waals surface area contributed by atoms with Gasteiger partial charge in [0, 0.05) is 4.47 Å². The molecule has 0 heterocycles. The van der Waals surface area contributed by atoms with E-state index in [2.05, 4.69) is 21.2 Å². The molecule has 0 fully saturated rings. The zero-order valence-electron chi connectivity index (χ0n) is 8.58. The zero-order chi connectivity index (χ0) is 11.3. The smallest absolute Gasteiger partial charge is 0.248 e. The minimum Gasteiger partial charge on any atom is -0.495 e. The zero-order valence-corrected chi connectivity index (χ0v) is 10.2. The van der Waals surface area contributed by atoms with Gasteiger partial charge in [-0.15, -0.1) is 0 Å². The van der Waals surface area contributed by atoms with Gasteiger partial charge < -0.3 is 10.1 Å². The number of methoxy groups -OCH3 is 1. The van der Waals surface area contributed by atoms with Crippen LogP contribution in [0.3, 0.4) is 0 Å². The van der Waals surface area contributed by atoms with Crippen LogP contribution in [0.15, 0.2) is 34.8 Å². The number of amides is 1. The third kappa shape index (κ3) is 3.40. The standard InChI is InChI=1S/C11H12BrNO2/c1-3-4-11(14)13-9-7-8(12)5-6-10(9)15-2/h3-7H,1-2H3,(H,13,14)/b4-3+. The van der Waals surface area contributed by atoms with Crippen LogP contribution in [-0.4, -0.2) is 13.0 Å². The maximum absolute atomic E-state index is 11.3. The lowest BCUT2D eigenvalue weighted by Crippen LogP contribution is -2.08. The number of hydrogen-bond donors (Lipinski definition) is 1. The lowest BCUT2D eigenvalue weighted by atomic mass is 10.3. The summed E-state index contributed by atoms with van der Waals surface area (Å²) >= 11 is 3.33. The second-order valence-corrected chi connectivity index (χ2v) is 3.75. The van der Waals surface area contributed by atoms with Gasteiger partial charge in [0.2, 0.25) is 5.91 Å². The van der Waals surface area contributed by atoms with Crippen molar-refractivity contribution >= 4 is 27.5 Å². The van der Waals surface area contributed by atoms with Crippen LogP contribution < -0.4 is 10.1 Å². The summed E-state index contributed by atoms with van der Waals surface area (Å²) in [5, 5.41) is 2.72. The predicted octanol–water partition coefficient (Wildman–Crippen LogP) is 2.97. The number of nitrogens with one attached hydrogen (secondary N) is 1. The Balaban J connectivity index is 2.91. The van der Waals surface area contributed by atoms with Crippen molar-refractivity contribution in [3.05, 3.63) is 34.8 Å². The molecule has 1 aromatic carbocycles. The number of anilines is 1. The molecule has 0 bridgehead atoms. The van der Waals surface area contributed by atoms with Crippen LogP contribution in [-0.2, 0) is 4.79 Å². The number of hydrogen-bond acceptors (Lipinski definition) is 2. The SMILES string of the molecule is C/C=C/C(=O)Nc1cc(Br)ccc1OC. The summed E-state index contributed by atoms with van der Waals surface area (Å²) in [4.78, 5) is 11.3. The Morgan fingerprint density at radius 2 is 2.27 bits per heavy atom. The first-order valence-corrected chi connectivity index (χ1v) is 5.24. The first-order chi connectivity index (χ1) is 7.17. The van der Waals surface area contributed by atoms with E-state index in [-0.39, 0.29) is 5.91 Å². The first kappa shape index (κ1) is 11.8. The summed E-state index contributed by atoms with van der Waals surface area (Å²) in [5.74, 6) is 0.463. The van der Waals surface area contributed by atoms with Crippen molar-refractivity contribution in [3.8, 4) is 5.75 Å². The average Bonchev–Trinajstić information content (AvgIpc) is 2.18. The van der Waals surface area contributed by atoms with Crippen molar-refractivity contribution in [1.82, 2.24) is 0 Å². The van der Waals surface area contributed by atoms with Gasteiger partial charge in [-0.1, -0.05) is 22.0 Å². The average molecular weight is 270 g/mol. The maximum Gasteiger partial charge on any atom is 0.248 e. The second-order valence-electron chi connectivity index (χ2n) is 2.83. The van der Waals surface area contributed by atoms with Gasteiger partial charge in [0.05, 0.1) is 12.8 Å². The molecule has 0 spiro atoms. The minimum atomic E-state index is -0.172. The Labute approximate surface area is 97.3 Å². The van der Waals surface area contributed by atoms with Crippen molar-refractivity contribution in [2.24, 2.45) is 0 Å². The second kappa shape index (κ2) is 5.56. The minimum absolute atomic E-state index is 0.172. The number of carbonyl (C=O) groups is 1. The van der Waals surface area contributed by atoms with Gasteiger partial charge in [0.25, 0.3) is 0 Å². The Morgan fingerprint density at radius 3 is 2.87 bits per heavy atom. The summed E-state index contributed by atoms with van der Waals surface area (Å²) in [6.07, 6.45) is 3.14. The maximum atomic E-state index is 11.3. The van der Waals surface area contributed by atoms with Crippen LogP contribution in [0.4, 0.5) is 5.69 Å². The van der Waals surface area contributed by atoms with Crippen molar-refractivity contribution in [3.63, 3.8) is 0 Å². The molecule has 3 nitrogen and oxygen atoms in total. The Bertz CT molecular complexity index is 388. The monoisotopic (exact) mass is 269 g/mol. The molecule has 0 aliphatic heterocycles. The summed E-state index contributed by atoms with van der Waals surface area (Å²) in [5.41, 5.74) is 0.648. The molecule has 1 N–H and O–H groups in total. The van der Waals surface area contributed by atoms with Crippen molar-refractivity contribution in [1.29, 1.82) is 0 Å². The van der Waals surface area contributed by atoms with Crippen molar-refractivity contribution in [2.45, 2.75) is 6.92 Å². The van der Waals surface area contributed by atoms with E-state index in [9.17, 15) is 4.79 Å². The quantitative estimate of drug-likeness (QED) is 0.857. The molecule has 1 amide bonds. The van der Waals surface area contributed by atoms with Gasteiger partial charge in [-0.2, -0.15) is 0 Å². The highest BCUT2D eigenvalue weighted by atomic mass is 79.9. The number of carbonyl (C=O) groups excluding carboxylic acids is 1. The lowest BCUT2D eigenvalue weighted by molar-refractivity contribution is -0.111. The fraction of sp³-hybridized carbons (Fsp3) is 0.182. The van der Waals surface area contributed by atoms with Crippen LogP contribution >= 0.6 is 15.9 Å². The molecule has 15 heavy (non-hydrogen) atoms. The fourth-order valence-corrected chi connectivity index (χ4v) is 1.46. The predicted molar refractivity (Wildman–Crippen MR) is 64.1 cm³/mol. The first-order valence-electron chi connectivity index (χ1n) is 4.44. The van der Waals surface area contributed by atoms with E-state index in [1.54, 1.807) is 32.2 Å². The van der Waals surface area contributed by atoms with Gasteiger partial charge in [-0.05, 0) is 31.2 Å². The molecule has 0 aliphatic carbocycles. The van der Waals surface area contributed by atoms with E-state index in [0.717, 1.165) is 4.47 Å². The molecule has 0 radical (unpaired) electrons. The van der Waals surface area contributed by atoms with E-state index in [1.165, 1.54) is 6.08 Å². The van der Waals surface area contributed by atoms with Crippen molar-refractivity contribution < 1.29 is 9.53 Å². The highest BCUT2D eigenvalue weighted by molar-refractivity contribution is 9.10. The molecule has 1 rings (SSSR count). The van der Waals surface area contributed by atoms with Gasteiger partial charge in [0.1, 0.15) is 5.75 Å². The third-order valence-corrected chi connectivity index (χ3v) is 2.23. The molecule has 0 unspecified atom stereocenters. The highest BCUT2D eigenvalue weighted by Crippen LogP contribution is 2.27. The molecular formula is C11H12BrNO2. The van der Waals surface area contributed by atoms with Gasteiger partial charge in [-0.25, -0.2) is 0 Å². The third-order valence-electron chi connectivity index (χ3n) is 1.74. The van der Waals surface area contributed by atoms with Crippen LogP contribution in [0.5, 0.6) is 5.75 Å². The fourth-order valence-electron chi connectivity index (χ4n) is 1.10. The largest absolute Gasteiger partial charge is 0.495 e.